The molecule has 0 spiro atoms. The van der Waals surface area contributed by atoms with Crippen LogP contribution in [-0.4, -0.2) is 46.0 Å². The number of hydrogen-bond donors (Lipinski definition) is 1. The molecule has 4 rings (SSSR count). The van der Waals surface area contributed by atoms with Crippen molar-refractivity contribution in [2.75, 3.05) is 25.0 Å². The summed E-state index contributed by atoms with van der Waals surface area (Å²) in [6.45, 7) is 6.88. The first kappa shape index (κ1) is 23.5. The maximum absolute atomic E-state index is 13.1. The van der Waals surface area contributed by atoms with Gasteiger partial charge in [-0.15, -0.1) is 0 Å². The van der Waals surface area contributed by atoms with E-state index in [-0.39, 0.29) is 24.3 Å². The Morgan fingerprint density at radius 2 is 1.91 bits per heavy atom. The van der Waals surface area contributed by atoms with Crippen LogP contribution in [0.15, 0.2) is 60.8 Å². The van der Waals surface area contributed by atoms with Crippen LogP contribution >= 0.6 is 0 Å². The monoisotopic (exact) mass is 460 g/mol. The molecule has 7 nitrogen and oxygen atoms in total. The van der Waals surface area contributed by atoms with Gasteiger partial charge in [0.25, 0.3) is 0 Å². The van der Waals surface area contributed by atoms with E-state index >= 15 is 0 Å². The van der Waals surface area contributed by atoms with Gasteiger partial charge in [0.1, 0.15) is 5.75 Å². The van der Waals surface area contributed by atoms with Gasteiger partial charge in [-0.25, -0.2) is 4.98 Å². The molecular weight excluding hydrogens is 428 g/mol. The fourth-order valence-corrected chi connectivity index (χ4v) is 3.85. The third kappa shape index (κ3) is 5.84. The number of anilines is 1. The van der Waals surface area contributed by atoms with E-state index in [0.717, 1.165) is 35.5 Å². The molecule has 2 amide bonds. The van der Waals surface area contributed by atoms with E-state index in [2.05, 4.69) is 5.32 Å². The fourth-order valence-electron chi connectivity index (χ4n) is 3.85. The smallest absolute Gasteiger partial charge is 0.246 e. The third-order valence-electron chi connectivity index (χ3n) is 5.75. The molecule has 1 saturated carbocycles. The van der Waals surface area contributed by atoms with Crippen LogP contribution in [0.3, 0.4) is 0 Å². The zero-order chi connectivity index (χ0) is 24.1. The minimum Gasteiger partial charge on any atom is -0.494 e. The maximum atomic E-state index is 13.1. The lowest BCUT2D eigenvalue weighted by Crippen LogP contribution is -2.41. The highest BCUT2D eigenvalue weighted by Gasteiger charge is 2.29. The SMILES string of the molecule is CCOc1cccc(-n2cc(-c3ccccc3)nc2NC(=O)CN(CC2CC2)C(=O)C(C)C)c1. The van der Waals surface area contributed by atoms with Gasteiger partial charge in [-0.3, -0.25) is 19.5 Å². The molecule has 0 saturated heterocycles. The number of carbonyl (C=O) groups excluding carboxylic acids is 2. The second-order valence-corrected chi connectivity index (χ2v) is 8.98. The van der Waals surface area contributed by atoms with Crippen molar-refractivity contribution in [3.8, 4) is 22.7 Å². The first-order valence-electron chi connectivity index (χ1n) is 11.9. The van der Waals surface area contributed by atoms with Gasteiger partial charge in [-0.05, 0) is 37.8 Å². The van der Waals surface area contributed by atoms with Crippen LogP contribution in [0, 0.1) is 11.8 Å². The number of aromatic nitrogens is 2. The number of hydrogen-bond acceptors (Lipinski definition) is 4. The topological polar surface area (TPSA) is 76.5 Å². The van der Waals surface area contributed by atoms with Crippen molar-refractivity contribution < 1.29 is 14.3 Å². The summed E-state index contributed by atoms with van der Waals surface area (Å²) in [5.74, 6) is 1.23. The number of amides is 2. The molecule has 0 atom stereocenters. The van der Waals surface area contributed by atoms with Crippen molar-refractivity contribution in [3.05, 3.63) is 60.8 Å². The highest BCUT2D eigenvalue weighted by molar-refractivity contribution is 5.94. The zero-order valence-corrected chi connectivity index (χ0v) is 20.0. The molecule has 0 unspecified atom stereocenters. The summed E-state index contributed by atoms with van der Waals surface area (Å²) < 4.78 is 7.50. The van der Waals surface area contributed by atoms with E-state index in [1.165, 1.54) is 0 Å². The average molecular weight is 461 g/mol. The van der Waals surface area contributed by atoms with Crippen LogP contribution in [0.4, 0.5) is 5.95 Å². The Kier molecular flexibility index (Phi) is 7.30. The van der Waals surface area contributed by atoms with Gasteiger partial charge in [-0.2, -0.15) is 0 Å². The second-order valence-electron chi connectivity index (χ2n) is 8.98. The lowest BCUT2D eigenvalue weighted by Gasteiger charge is -2.24. The summed E-state index contributed by atoms with van der Waals surface area (Å²) in [6, 6.07) is 17.5. The molecule has 34 heavy (non-hydrogen) atoms. The molecule has 0 aliphatic heterocycles. The molecule has 1 heterocycles. The molecule has 2 aromatic carbocycles. The van der Waals surface area contributed by atoms with Crippen molar-refractivity contribution in [3.63, 3.8) is 0 Å². The van der Waals surface area contributed by atoms with Gasteiger partial charge in [0.05, 0.1) is 24.5 Å². The predicted octanol–water partition coefficient (Wildman–Crippen LogP) is 4.77. The van der Waals surface area contributed by atoms with Crippen molar-refractivity contribution in [1.82, 2.24) is 14.5 Å². The van der Waals surface area contributed by atoms with Gasteiger partial charge in [-0.1, -0.05) is 50.2 Å². The summed E-state index contributed by atoms with van der Waals surface area (Å²) in [7, 11) is 0. The minimum absolute atomic E-state index is 0.000202. The highest BCUT2D eigenvalue weighted by atomic mass is 16.5. The number of benzene rings is 2. The van der Waals surface area contributed by atoms with Gasteiger partial charge < -0.3 is 9.64 Å². The number of carbonyl (C=O) groups is 2. The van der Waals surface area contributed by atoms with Crippen LogP contribution < -0.4 is 10.1 Å². The molecule has 1 aromatic heterocycles. The standard InChI is InChI=1S/C27H32N4O3/c1-4-34-23-12-8-11-22(15-23)31-17-24(21-9-6-5-7-10-21)28-27(31)29-25(32)18-30(16-20-13-14-20)26(33)19(2)3/h5-12,15,17,19-20H,4,13-14,16,18H2,1-3H3,(H,28,29,32). The lowest BCUT2D eigenvalue weighted by atomic mass is 10.2. The molecule has 178 valence electrons. The molecule has 1 fully saturated rings. The Morgan fingerprint density at radius 1 is 1.15 bits per heavy atom. The van der Waals surface area contributed by atoms with E-state index in [0.29, 0.717) is 25.0 Å². The van der Waals surface area contributed by atoms with Crippen molar-refractivity contribution >= 4 is 17.8 Å². The first-order chi connectivity index (χ1) is 16.4. The van der Waals surface area contributed by atoms with E-state index < -0.39 is 0 Å². The Balaban J connectivity index is 1.61. The number of rotatable bonds is 10. The molecule has 1 aliphatic carbocycles. The second kappa shape index (κ2) is 10.5. The summed E-state index contributed by atoms with van der Waals surface area (Å²) in [4.78, 5) is 32.1. The molecule has 3 aromatic rings. The van der Waals surface area contributed by atoms with Crippen LogP contribution in [-0.2, 0) is 9.59 Å². The van der Waals surface area contributed by atoms with E-state index in [1.54, 1.807) is 4.90 Å². The first-order valence-corrected chi connectivity index (χ1v) is 11.9. The summed E-state index contributed by atoms with van der Waals surface area (Å²) in [5, 5.41) is 2.95. The average Bonchev–Trinajstić information content (AvgIpc) is 3.56. The van der Waals surface area contributed by atoms with E-state index in [9.17, 15) is 9.59 Å². The van der Waals surface area contributed by atoms with Gasteiger partial charge in [0.15, 0.2) is 0 Å². The number of nitrogens with one attached hydrogen (secondary N) is 1. The molecular formula is C27H32N4O3. The number of nitrogens with zero attached hydrogens (tertiary/aromatic N) is 3. The summed E-state index contributed by atoms with van der Waals surface area (Å²) >= 11 is 0. The highest BCUT2D eigenvalue weighted by Crippen LogP contribution is 2.30. The summed E-state index contributed by atoms with van der Waals surface area (Å²) in [5.41, 5.74) is 2.51. The normalized spacial score (nSPS) is 13.1. The van der Waals surface area contributed by atoms with E-state index in [4.69, 9.17) is 9.72 Å². The molecule has 7 heteroatoms. The number of ether oxygens (including phenoxy) is 1. The molecule has 0 bridgehead atoms. The van der Waals surface area contributed by atoms with Crippen molar-refractivity contribution in [2.45, 2.75) is 33.6 Å². The van der Waals surface area contributed by atoms with Crippen molar-refractivity contribution in [2.24, 2.45) is 11.8 Å². The van der Waals surface area contributed by atoms with Crippen LogP contribution in [0.2, 0.25) is 0 Å². The minimum atomic E-state index is -0.262. The Hall–Kier alpha value is -3.61. The van der Waals surface area contributed by atoms with Crippen LogP contribution in [0.5, 0.6) is 5.75 Å². The maximum Gasteiger partial charge on any atom is 0.246 e. The quantitative estimate of drug-likeness (QED) is 0.473. The Morgan fingerprint density at radius 3 is 2.59 bits per heavy atom. The third-order valence-corrected chi connectivity index (χ3v) is 5.75. The fraction of sp³-hybridized carbons (Fsp3) is 0.370. The lowest BCUT2D eigenvalue weighted by molar-refractivity contribution is -0.137. The van der Waals surface area contributed by atoms with Gasteiger partial charge in [0.2, 0.25) is 17.8 Å². The largest absolute Gasteiger partial charge is 0.494 e. The number of imidazole rings is 1. The summed E-state index contributed by atoms with van der Waals surface area (Å²) in [6.07, 6.45) is 4.13. The Bertz CT molecular complexity index is 1140. The Labute approximate surface area is 200 Å². The van der Waals surface area contributed by atoms with Gasteiger partial charge >= 0.3 is 0 Å². The zero-order valence-electron chi connectivity index (χ0n) is 20.0. The molecule has 0 radical (unpaired) electrons. The molecule has 1 aliphatic rings. The van der Waals surface area contributed by atoms with Crippen LogP contribution in [0.25, 0.3) is 16.9 Å². The van der Waals surface area contributed by atoms with Crippen molar-refractivity contribution in [1.29, 1.82) is 0 Å². The van der Waals surface area contributed by atoms with E-state index in [1.807, 2.05) is 86.1 Å². The van der Waals surface area contributed by atoms with Gasteiger partial charge in [0, 0.05) is 30.3 Å². The van der Waals surface area contributed by atoms with Crippen LogP contribution in [0.1, 0.15) is 33.6 Å². The molecule has 1 N–H and O–H groups in total. The predicted molar refractivity (Wildman–Crippen MR) is 133 cm³/mol.